The number of rotatable bonds is 8. The number of benzene rings is 3. The summed E-state index contributed by atoms with van der Waals surface area (Å²) in [5.41, 5.74) is 6.75. The third-order valence-electron chi connectivity index (χ3n) is 4.88. The number of allylic oxidation sites excluding steroid dienone is 1. The Morgan fingerprint density at radius 2 is 1.38 bits per heavy atom. The van der Waals surface area contributed by atoms with Gasteiger partial charge in [-0.15, -0.1) is 0 Å². The molecule has 6 nitrogen and oxygen atoms in total. The van der Waals surface area contributed by atoms with Gasteiger partial charge in [-0.1, -0.05) is 66.7 Å². The van der Waals surface area contributed by atoms with Gasteiger partial charge in [0.15, 0.2) is 0 Å². The van der Waals surface area contributed by atoms with Crippen LogP contribution in [0.15, 0.2) is 101 Å². The Morgan fingerprint density at radius 1 is 0.794 bits per heavy atom. The fourth-order valence-corrected chi connectivity index (χ4v) is 3.08. The van der Waals surface area contributed by atoms with Crippen LogP contribution in [0.5, 0.6) is 0 Å². The summed E-state index contributed by atoms with van der Waals surface area (Å²) in [6, 6.07) is 26.2. The summed E-state index contributed by atoms with van der Waals surface area (Å²) in [5.74, 6) is -0.902. The number of amides is 2. The lowest BCUT2D eigenvalue weighted by atomic mass is 10.1. The molecule has 0 bridgehead atoms. The monoisotopic (exact) mass is 452 g/mol. The smallest absolute Gasteiger partial charge is 0.287 e. The van der Waals surface area contributed by atoms with E-state index in [4.69, 9.17) is 0 Å². The lowest BCUT2D eigenvalue weighted by Crippen LogP contribution is -2.32. The second kappa shape index (κ2) is 12.0. The number of hydrogen-bond acceptors (Lipinski definition) is 4. The molecule has 0 fully saturated rings. The van der Waals surface area contributed by atoms with Crippen LogP contribution >= 0.6 is 0 Å². The van der Waals surface area contributed by atoms with Gasteiger partial charge in [0.1, 0.15) is 5.70 Å². The van der Waals surface area contributed by atoms with Crippen molar-refractivity contribution in [3.05, 3.63) is 113 Å². The number of carbonyl (C=O) groups excluding carboxylic acids is 2. The van der Waals surface area contributed by atoms with Crippen LogP contribution in [-0.4, -0.2) is 32.1 Å². The van der Waals surface area contributed by atoms with E-state index in [2.05, 4.69) is 15.8 Å². The molecule has 0 saturated heterocycles. The molecule has 3 aromatic rings. The minimum absolute atomic E-state index is 0.0910. The fourth-order valence-electron chi connectivity index (χ4n) is 3.08. The van der Waals surface area contributed by atoms with E-state index in [1.807, 2.05) is 92.7 Å². The van der Waals surface area contributed by atoms with Gasteiger partial charge < -0.3 is 10.2 Å². The van der Waals surface area contributed by atoms with Gasteiger partial charge in [0.25, 0.3) is 11.8 Å². The molecular formula is C28H28N4O2. The lowest BCUT2D eigenvalue weighted by Gasteiger charge is -2.12. The molecule has 3 rings (SSSR count). The van der Waals surface area contributed by atoms with E-state index >= 15 is 0 Å². The van der Waals surface area contributed by atoms with Crippen molar-refractivity contribution in [3.63, 3.8) is 0 Å². The van der Waals surface area contributed by atoms with Gasteiger partial charge >= 0.3 is 0 Å². The van der Waals surface area contributed by atoms with E-state index in [1.54, 1.807) is 36.6 Å². The summed E-state index contributed by atoms with van der Waals surface area (Å²) in [6.45, 7) is 1.89. The Labute approximate surface area is 200 Å². The number of anilines is 1. The first-order valence-electron chi connectivity index (χ1n) is 10.8. The predicted molar refractivity (Wildman–Crippen MR) is 139 cm³/mol. The van der Waals surface area contributed by atoms with Gasteiger partial charge in [-0.3, -0.25) is 9.59 Å². The molecule has 2 N–H and O–H groups in total. The molecular weight excluding hydrogens is 424 g/mol. The standard InChI is InChI=1S/C28H28N4O2/c1-21(18-22-10-6-4-7-11-22)20-29-31-28(34)26(30-27(33)24-12-8-5-9-13-24)19-23-14-16-25(17-15-23)32(2)3/h4-20H,1-3H3,(H,30,33)(H,31,34)/b21-18+,26-19+,29-20-. The lowest BCUT2D eigenvalue weighted by molar-refractivity contribution is -0.117. The Morgan fingerprint density at radius 3 is 2.00 bits per heavy atom. The van der Waals surface area contributed by atoms with Crippen molar-refractivity contribution in [2.24, 2.45) is 5.10 Å². The SMILES string of the molecule is CC(/C=N\NC(=O)/C(=C\c1ccc(N(C)C)cc1)NC(=O)c1ccccc1)=C\c1ccccc1. The van der Waals surface area contributed by atoms with Crippen molar-refractivity contribution in [1.29, 1.82) is 0 Å². The molecule has 172 valence electrons. The Kier molecular flexibility index (Phi) is 8.52. The molecule has 0 radical (unpaired) electrons. The first kappa shape index (κ1) is 24.2. The normalized spacial score (nSPS) is 11.9. The number of nitrogens with one attached hydrogen (secondary N) is 2. The molecule has 0 heterocycles. The number of hydrazone groups is 1. The average molecular weight is 453 g/mol. The molecule has 0 aromatic heterocycles. The van der Waals surface area contributed by atoms with Crippen molar-refractivity contribution in [2.45, 2.75) is 6.92 Å². The number of hydrogen-bond donors (Lipinski definition) is 2. The minimum atomic E-state index is -0.523. The summed E-state index contributed by atoms with van der Waals surface area (Å²) in [4.78, 5) is 27.6. The van der Waals surface area contributed by atoms with E-state index in [9.17, 15) is 9.59 Å². The molecule has 0 spiro atoms. The average Bonchev–Trinajstić information content (AvgIpc) is 2.85. The van der Waals surface area contributed by atoms with Gasteiger partial charge in [0.2, 0.25) is 0 Å². The van der Waals surface area contributed by atoms with E-state index < -0.39 is 5.91 Å². The third kappa shape index (κ3) is 7.31. The molecule has 0 aliphatic heterocycles. The Balaban J connectivity index is 1.78. The highest BCUT2D eigenvalue weighted by atomic mass is 16.2. The number of nitrogens with zero attached hydrogens (tertiary/aromatic N) is 2. The van der Waals surface area contributed by atoms with Crippen molar-refractivity contribution >= 4 is 35.9 Å². The zero-order valence-corrected chi connectivity index (χ0v) is 19.5. The zero-order valence-electron chi connectivity index (χ0n) is 19.5. The fraction of sp³-hybridized carbons (Fsp3) is 0.107. The van der Waals surface area contributed by atoms with Crippen LogP contribution in [-0.2, 0) is 4.79 Å². The van der Waals surface area contributed by atoms with Gasteiger partial charge in [-0.05, 0) is 54.0 Å². The van der Waals surface area contributed by atoms with Crippen molar-refractivity contribution in [3.8, 4) is 0 Å². The summed E-state index contributed by atoms with van der Waals surface area (Å²) >= 11 is 0. The van der Waals surface area contributed by atoms with E-state index in [1.165, 1.54) is 0 Å². The summed E-state index contributed by atoms with van der Waals surface area (Å²) in [5, 5.41) is 6.76. The van der Waals surface area contributed by atoms with Crippen molar-refractivity contribution < 1.29 is 9.59 Å². The highest BCUT2D eigenvalue weighted by molar-refractivity contribution is 6.05. The highest BCUT2D eigenvalue weighted by Gasteiger charge is 2.14. The second-order valence-corrected chi connectivity index (χ2v) is 7.86. The summed E-state index contributed by atoms with van der Waals surface area (Å²) < 4.78 is 0. The topological polar surface area (TPSA) is 73.8 Å². The van der Waals surface area contributed by atoms with E-state index in [0.717, 1.165) is 22.4 Å². The first-order valence-corrected chi connectivity index (χ1v) is 10.8. The zero-order chi connectivity index (χ0) is 24.3. The molecule has 34 heavy (non-hydrogen) atoms. The van der Waals surface area contributed by atoms with Crippen LogP contribution in [0.2, 0.25) is 0 Å². The predicted octanol–water partition coefficient (Wildman–Crippen LogP) is 4.73. The maximum atomic E-state index is 12.9. The van der Waals surface area contributed by atoms with Gasteiger partial charge in [-0.2, -0.15) is 5.10 Å². The number of carbonyl (C=O) groups is 2. The molecule has 0 aliphatic carbocycles. The van der Waals surface area contributed by atoms with Crippen LogP contribution in [0.25, 0.3) is 12.2 Å². The molecule has 2 amide bonds. The van der Waals surface area contributed by atoms with Crippen molar-refractivity contribution in [2.75, 3.05) is 19.0 Å². The molecule has 0 atom stereocenters. The van der Waals surface area contributed by atoms with Gasteiger partial charge in [0, 0.05) is 25.3 Å². The molecule has 3 aromatic carbocycles. The molecule has 0 aliphatic rings. The van der Waals surface area contributed by atoms with Crippen LogP contribution in [0.1, 0.15) is 28.4 Å². The van der Waals surface area contributed by atoms with Gasteiger partial charge in [0.05, 0.1) is 6.21 Å². The van der Waals surface area contributed by atoms with Gasteiger partial charge in [-0.25, -0.2) is 5.43 Å². The van der Waals surface area contributed by atoms with E-state index in [0.29, 0.717) is 5.56 Å². The largest absolute Gasteiger partial charge is 0.378 e. The Bertz CT molecular complexity index is 1200. The maximum absolute atomic E-state index is 12.9. The van der Waals surface area contributed by atoms with Crippen molar-refractivity contribution in [1.82, 2.24) is 10.7 Å². The summed E-state index contributed by atoms with van der Waals surface area (Å²) in [7, 11) is 3.91. The van der Waals surface area contributed by atoms with Crippen LogP contribution in [0.4, 0.5) is 5.69 Å². The second-order valence-electron chi connectivity index (χ2n) is 7.86. The molecule has 6 heteroatoms. The summed E-state index contributed by atoms with van der Waals surface area (Å²) in [6.07, 6.45) is 5.14. The van der Waals surface area contributed by atoms with Crippen LogP contribution in [0, 0.1) is 0 Å². The quantitative estimate of drug-likeness (QED) is 0.295. The molecule has 0 saturated carbocycles. The third-order valence-corrected chi connectivity index (χ3v) is 4.88. The Hall–Kier alpha value is -4.45. The molecule has 0 unspecified atom stereocenters. The minimum Gasteiger partial charge on any atom is -0.378 e. The first-order chi connectivity index (χ1) is 16.4. The van der Waals surface area contributed by atoms with Crippen LogP contribution < -0.4 is 15.6 Å². The maximum Gasteiger partial charge on any atom is 0.287 e. The van der Waals surface area contributed by atoms with Crippen LogP contribution in [0.3, 0.4) is 0 Å². The highest BCUT2D eigenvalue weighted by Crippen LogP contribution is 2.14. The van der Waals surface area contributed by atoms with E-state index in [-0.39, 0.29) is 11.6 Å².